The lowest BCUT2D eigenvalue weighted by Crippen LogP contribution is -2.42. The fourth-order valence-corrected chi connectivity index (χ4v) is 5.58. The first-order chi connectivity index (χ1) is 20.3. The van der Waals surface area contributed by atoms with E-state index in [1.807, 2.05) is 0 Å². The summed E-state index contributed by atoms with van der Waals surface area (Å²) in [7, 11) is -4.17. The summed E-state index contributed by atoms with van der Waals surface area (Å²) in [6.45, 7) is 3.58. The number of benzene rings is 3. The van der Waals surface area contributed by atoms with Gasteiger partial charge in [0, 0.05) is 18.1 Å². The molecule has 1 heterocycles. The number of sulfonamides is 1. The summed E-state index contributed by atoms with van der Waals surface area (Å²) in [4.78, 5) is 26.8. The molecule has 11 nitrogen and oxygen atoms in total. The van der Waals surface area contributed by atoms with Crippen LogP contribution in [0, 0.1) is 0 Å². The first-order valence-electron chi connectivity index (χ1n) is 13.2. The highest BCUT2D eigenvalue weighted by molar-refractivity contribution is 7.92. The van der Waals surface area contributed by atoms with Gasteiger partial charge in [0.05, 0.1) is 36.6 Å². The van der Waals surface area contributed by atoms with E-state index in [-0.39, 0.29) is 23.1 Å². The van der Waals surface area contributed by atoms with Gasteiger partial charge in [0.25, 0.3) is 21.8 Å². The molecule has 42 heavy (non-hydrogen) atoms. The molecule has 222 valence electrons. The number of nitrogens with one attached hydrogen (secondary N) is 1. The molecule has 3 aromatic rings. The molecule has 4 rings (SSSR count). The van der Waals surface area contributed by atoms with E-state index < -0.39 is 22.5 Å². The minimum atomic E-state index is -4.17. The summed E-state index contributed by atoms with van der Waals surface area (Å²) in [5.74, 6) is 0.0379. The van der Waals surface area contributed by atoms with Crippen molar-refractivity contribution in [3.63, 3.8) is 0 Å². The van der Waals surface area contributed by atoms with Crippen molar-refractivity contribution in [1.29, 1.82) is 0 Å². The zero-order chi connectivity index (χ0) is 30.0. The Morgan fingerprint density at radius 1 is 1.02 bits per heavy atom. The molecule has 0 unspecified atom stereocenters. The van der Waals surface area contributed by atoms with Gasteiger partial charge in [-0.15, -0.1) is 0 Å². The molecular weight excluding hydrogens is 584 g/mol. The molecule has 1 aliphatic rings. The maximum atomic E-state index is 13.6. The van der Waals surface area contributed by atoms with Gasteiger partial charge in [-0.25, -0.2) is 13.8 Å². The van der Waals surface area contributed by atoms with Crippen LogP contribution in [0.5, 0.6) is 11.5 Å². The third-order valence-electron chi connectivity index (χ3n) is 6.13. The second kappa shape index (κ2) is 14.7. The van der Waals surface area contributed by atoms with Crippen molar-refractivity contribution in [3.05, 3.63) is 83.4 Å². The lowest BCUT2D eigenvalue weighted by molar-refractivity contribution is -0.137. The minimum Gasteiger partial charge on any atom is -0.492 e. The summed E-state index contributed by atoms with van der Waals surface area (Å²) in [5, 5.41) is 4.35. The number of nitrogens with zero attached hydrogens (tertiary/aromatic N) is 3. The Morgan fingerprint density at radius 2 is 1.71 bits per heavy atom. The molecule has 1 fully saturated rings. The summed E-state index contributed by atoms with van der Waals surface area (Å²) < 4.78 is 44.7. The SMILES string of the molecule is CCOc1ccccc1N(CC(=O)N/N=C\c1ccc(OCC(=O)N2CCOCC2)cc1)S(=O)(=O)c1ccc(Cl)cc1. The van der Waals surface area contributed by atoms with Crippen molar-refractivity contribution in [3.8, 4) is 11.5 Å². The van der Waals surface area contributed by atoms with Gasteiger partial charge in [-0.2, -0.15) is 5.10 Å². The predicted octanol–water partition coefficient (Wildman–Crippen LogP) is 3.32. The van der Waals surface area contributed by atoms with Crippen molar-refractivity contribution >= 4 is 45.3 Å². The van der Waals surface area contributed by atoms with Crippen molar-refractivity contribution in [2.24, 2.45) is 5.10 Å². The number of hydrazone groups is 1. The number of anilines is 1. The van der Waals surface area contributed by atoms with Crippen molar-refractivity contribution in [2.75, 3.05) is 50.4 Å². The first kappa shape index (κ1) is 30.8. The summed E-state index contributed by atoms with van der Waals surface area (Å²) >= 11 is 5.95. The normalized spacial score (nSPS) is 13.5. The lowest BCUT2D eigenvalue weighted by atomic mass is 10.2. The Kier molecular flexibility index (Phi) is 10.8. The van der Waals surface area contributed by atoms with Crippen LogP contribution >= 0.6 is 11.6 Å². The number of para-hydroxylation sites is 2. The van der Waals surface area contributed by atoms with E-state index in [2.05, 4.69) is 10.5 Å². The Bertz CT molecular complexity index is 1490. The van der Waals surface area contributed by atoms with Crippen molar-refractivity contribution in [1.82, 2.24) is 10.3 Å². The highest BCUT2D eigenvalue weighted by atomic mass is 35.5. The maximum Gasteiger partial charge on any atom is 0.264 e. The standard InChI is InChI=1S/C29H31ClN4O7S/c1-2-40-27-6-4-3-5-26(27)34(42(37,38)25-13-9-23(30)10-14-25)20-28(35)32-31-19-22-7-11-24(12-8-22)41-21-29(36)33-15-17-39-18-16-33/h3-14,19H,2,15-18,20-21H2,1H3,(H,32,35)/b31-19-. The minimum absolute atomic E-state index is 0.0385. The molecular formula is C29H31ClN4O7S. The van der Waals surface area contributed by atoms with Crippen molar-refractivity contribution in [2.45, 2.75) is 11.8 Å². The van der Waals surface area contributed by atoms with E-state index >= 15 is 0 Å². The smallest absolute Gasteiger partial charge is 0.264 e. The molecule has 0 bridgehead atoms. The Hall–Kier alpha value is -4.13. The highest BCUT2D eigenvalue weighted by Gasteiger charge is 2.29. The lowest BCUT2D eigenvalue weighted by Gasteiger charge is -2.26. The molecule has 3 aromatic carbocycles. The van der Waals surface area contributed by atoms with Crippen LogP contribution in [-0.2, 0) is 24.3 Å². The average Bonchev–Trinajstić information content (AvgIpc) is 3.00. The van der Waals surface area contributed by atoms with Crippen LogP contribution < -0.4 is 19.2 Å². The third kappa shape index (κ3) is 8.21. The van der Waals surface area contributed by atoms with Crippen LogP contribution in [0.15, 0.2) is 82.8 Å². The van der Waals surface area contributed by atoms with Gasteiger partial charge in [-0.3, -0.25) is 13.9 Å². The second-order valence-corrected chi connectivity index (χ2v) is 11.3. The molecule has 0 spiro atoms. The summed E-state index contributed by atoms with van der Waals surface area (Å²) in [6.07, 6.45) is 1.41. The zero-order valence-electron chi connectivity index (χ0n) is 22.9. The summed E-state index contributed by atoms with van der Waals surface area (Å²) in [6, 6.07) is 19.0. The second-order valence-electron chi connectivity index (χ2n) is 9.01. The van der Waals surface area contributed by atoms with E-state index in [4.69, 9.17) is 25.8 Å². The van der Waals surface area contributed by atoms with Crippen LogP contribution in [0.1, 0.15) is 12.5 Å². The molecule has 0 saturated carbocycles. The molecule has 1 N–H and O–H groups in total. The van der Waals surface area contributed by atoms with Crippen LogP contribution in [-0.4, -0.2) is 77.4 Å². The van der Waals surface area contributed by atoms with Gasteiger partial charge < -0.3 is 19.1 Å². The zero-order valence-corrected chi connectivity index (χ0v) is 24.5. The van der Waals surface area contributed by atoms with Crippen LogP contribution in [0.3, 0.4) is 0 Å². The van der Waals surface area contributed by atoms with Crippen LogP contribution in [0.2, 0.25) is 5.02 Å². The number of carbonyl (C=O) groups is 2. The fourth-order valence-electron chi connectivity index (χ4n) is 4.02. The monoisotopic (exact) mass is 614 g/mol. The van der Waals surface area contributed by atoms with Crippen LogP contribution in [0.25, 0.3) is 0 Å². The van der Waals surface area contributed by atoms with Gasteiger partial charge in [0.2, 0.25) is 0 Å². The predicted molar refractivity (Wildman–Crippen MR) is 159 cm³/mol. The number of ether oxygens (including phenoxy) is 3. The number of carbonyl (C=O) groups excluding carboxylic acids is 2. The fraction of sp³-hybridized carbons (Fsp3) is 0.276. The molecule has 0 aliphatic carbocycles. The molecule has 0 atom stereocenters. The topological polar surface area (TPSA) is 127 Å². The van der Waals surface area contributed by atoms with Crippen LogP contribution in [0.4, 0.5) is 5.69 Å². The molecule has 13 heteroatoms. The molecule has 0 radical (unpaired) electrons. The largest absolute Gasteiger partial charge is 0.492 e. The summed E-state index contributed by atoms with van der Waals surface area (Å²) in [5.41, 5.74) is 3.23. The molecule has 1 saturated heterocycles. The number of morpholine rings is 1. The van der Waals surface area contributed by atoms with Crippen molar-refractivity contribution < 1.29 is 32.2 Å². The van der Waals surface area contributed by atoms with E-state index in [1.165, 1.54) is 30.5 Å². The molecule has 2 amide bonds. The maximum absolute atomic E-state index is 13.6. The van der Waals surface area contributed by atoms with Gasteiger partial charge in [-0.1, -0.05) is 23.7 Å². The third-order valence-corrected chi connectivity index (χ3v) is 8.16. The number of halogens is 1. The number of rotatable bonds is 12. The van der Waals surface area contributed by atoms with E-state index in [9.17, 15) is 18.0 Å². The van der Waals surface area contributed by atoms with Gasteiger partial charge in [-0.05, 0) is 73.2 Å². The number of amides is 2. The van der Waals surface area contributed by atoms with Gasteiger partial charge >= 0.3 is 0 Å². The van der Waals surface area contributed by atoms with Gasteiger partial charge in [0.15, 0.2) is 6.61 Å². The first-order valence-corrected chi connectivity index (χ1v) is 15.0. The molecule has 0 aromatic heterocycles. The quantitative estimate of drug-likeness (QED) is 0.245. The Morgan fingerprint density at radius 3 is 2.40 bits per heavy atom. The van der Waals surface area contributed by atoms with E-state index in [1.54, 1.807) is 60.4 Å². The van der Waals surface area contributed by atoms with Gasteiger partial charge in [0.1, 0.15) is 18.0 Å². The average molecular weight is 615 g/mol. The highest BCUT2D eigenvalue weighted by Crippen LogP contribution is 2.32. The Labute approximate surface area is 249 Å². The number of hydrogen-bond acceptors (Lipinski definition) is 8. The molecule has 1 aliphatic heterocycles. The number of hydrogen-bond donors (Lipinski definition) is 1. The van der Waals surface area contributed by atoms with E-state index in [0.717, 1.165) is 4.31 Å². The Balaban J connectivity index is 1.40. The van der Waals surface area contributed by atoms with E-state index in [0.29, 0.717) is 55.0 Å².